The van der Waals surface area contributed by atoms with E-state index in [1.165, 1.54) is 24.7 Å². The molecule has 0 bridgehead atoms. The lowest BCUT2D eigenvalue weighted by Crippen LogP contribution is -2.71. The van der Waals surface area contributed by atoms with Gasteiger partial charge in [-0.3, -0.25) is 0 Å². The van der Waals surface area contributed by atoms with Gasteiger partial charge in [-0.15, -0.1) is 0 Å². The molecular formula is C26H33N5O3S. The fraction of sp³-hybridized carbons (Fsp3) is 0.654. The average Bonchev–Trinajstić information content (AvgIpc) is 3.44. The summed E-state index contributed by atoms with van der Waals surface area (Å²) in [7, 11) is -3.14. The van der Waals surface area contributed by atoms with Gasteiger partial charge in [0.1, 0.15) is 6.33 Å². The first-order chi connectivity index (χ1) is 16.7. The molecular weight excluding hydrogens is 462 g/mol. The van der Waals surface area contributed by atoms with Gasteiger partial charge in [-0.1, -0.05) is 12.1 Å². The predicted octanol–water partition coefficient (Wildman–Crippen LogP) is 3.27. The lowest BCUT2D eigenvalue weighted by molar-refractivity contribution is -0.107. The van der Waals surface area contributed by atoms with Crippen LogP contribution in [-0.2, 0) is 16.3 Å². The second-order valence-electron chi connectivity index (χ2n) is 12.3. The highest BCUT2D eigenvalue weighted by Crippen LogP contribution is 2.56. The molecule has 9 heteroatoms. The van der Waals surface area contributed by atoms with Gasteiger partial charge in [0.2, 0.25) is 0 Å². The first kappa shape index (κ1) is 21.8. The van der Waals surface area contributed by atoms with Gasteiger partial charge < -0.3 is 9.80 Å². The summed E-state index contributed by atoms with van der Waals surface area (Å²) in [6.07, 6.45) is 11.2. The summed E-state index contributed by atoms with van der Waals surface area (Å²) in [6.45, 7) is 3.57. The molecule has 0 unspecified atom stereocenters. The fourth-order valence-corrected chi connectivity index (χ4v) is 7.78. The van der Waals surface area contributed by atoms with Gasteiger partial charge in [0, 0.05) is 49.2 Å². The monoisotopic (exact) mass is 495 g/mol. The Bertz CT molecular complexity index is 1250. The molecule has 2 aromatic rings. The second-order valence-corrected chi connectivity index (χ2v) is 14.3. The zero-order valence-corrected chi connectivity index (χ0v) is 21.1. The smallest absolute Gasteiger partial charge is 0.320 e. The normalized spacial score (nSPS) is 25.2. The molecule has 5 fully saturated rings. The van der Waals surface area contributed by atoms with Crippen molar-refractivity contribution in [3.63, 3.8) is 0 Å². The zero-order valence-electron chi connectivity index (χ0n) is 20.3. The van der Waals surface area contributed by atoms with Gasteiger partial charge in [0.05, 0.1) is 10.9 Å². The van der Waals surface area contributed by atoms with E-state index in [-0.39, 0.29) is 6.03 Å². The topological polar surface area (TPSA) is 88.4 Å². The molecule has 0 atom stereocenters. The maximum atomic E-state index is 13.0. The SMILES string of the molecule is CS(=O)(=O)c1ccc(CC2CC3(C2)CN(C(=O)N2CC4(CC(n5cnc(C6CC6)n5)C4)C2)C3)cc1. The summed E-state index contributed by atoms with van der Waals surface area (Å²) in [6, 6.07) is 7.99. The molecule has 5 aliphatic rings. The van der Waals surface area contributed by atoms with E-state index >= 15 is 0 Å². The Morgan fingerprint density at radius 2 is 1.57 bits per heavy atom. The summed E-state index contributed by atoms with van der Waals surface area (Å²) >= 11 is 0. The highest BCUT2D eigenvalue weighted by atomic mass is 32.2. The largest absolute Gasteiger partial charge is 0.323 e. The number of benzene rings is 1. The Hall–Kier alpha value is -2.42. The van der Waals surface area contributed by atoms with E-state index in [0.717, 1.165) is 64.1 Å². The molecule has 0 N–H and O–H groups in total. The van der Waals surface area contributed by atoms with Crippen LogP contribution in [0, 0.1) is 16.7 Å². The Balaban J connectivity index is 0.844. The minimum Gasteiger partial charge on any atom is -0.323 e. The van der Waals surface area contributed by atoms with Gasteiger partial charge in [-0.05, 0) is 68.6 Å². The van der Waals surface area contributed by atoms with Crippen molar-refractivity contribution < 1.29 is 13.2 Å². The van der Waals surface area contributed by atoms with Crippen LogP contribution < -0.4 is 0 Å². The lowest BCUT2D eigenvalue weighted by Gasteiger charge is -2.63. The van der Waals surface area contributed by atoms with Gasteiger partial charge in [0.15, 0.2) is 15.7 Å². The number of urea groups is 1. The summed E-state index contributed by atoms with van der Waals surface area (Å²) in [5.74, 6) is 2.25. The molecule has 35 heavy (non-hydrogen) atoms. The zero-order chi connectivity index (χ0) is 24.0. The van der Waals surface area contributed by atoms with Crippen LogP contribution in [-0.4, -0.2) is 71.4 Å². The van der Waals surface area contributed by atoms with Gasteiger partial charge in [0.25, 0.3) is 0 Å². The first-order valence-corrected chi connectivity index (χ1v) is 14.8. The standard InChI is InChI=1S/C26H33N5O3S/c1-35(33,34)22-6-2-18(3-7-22)8-19-9-25(10-19)13-29(14-25)24(32)30-15-26(16-30)11-21(12-26)31-17-27-23(28-31)20-4-5-20/h2-3,6-7,17,19-21H,4-5,8-16H2,1H3. The lowest BCUT2D eigenvalue weighted by atomic mass is 9.56. The minimum atomic E-state index is -3.14. The fourth-order valence-electron chi connectivity index (χ4n) is 7.15. The molecule has 1 aromatic carbocycles. The van der Waals surface area contributed by atoms with E-state index in [4.69, 9.17) is 5.10 Å². The molecule has 2 amide bonds. The van der Waals surface area contributed by atoms with Gasteiger partial charge in [-0.2, -0.15) is 5.10 Å². The molecule has 2 spiro atoms. The number of rotatable bonds is 5. The number of likely N-dealkylation sites (tertiary alicyclic amines) is 2. The number of carbonyl (C=O) groups is 1. The van der Waals surface area contributed by atoms with Crippen molar-refractivity contribution in [2.45, 2.75) is 61.8 Å². The van der Waals surface area contributed by atoms with Crippen LogP contribution in [0.1, 0.15) is 61.9 Å². The van der Waals surface area contributed by atoms with E-state index in [0.29, 0.717) is 33.6 Å². The van der Waals surface area contributed by atoms with Crippen molar-refractivity contribution in [1.29, 1.82) is 0 Å². The van der Waals surface area contributed by atoms with E-state index < -0.39 is 9.84 Å². The molecule has 1 aromatic heterocycles. The van der Waals surface area contributed by atoms with Crippen molar-refractivity contribution >= 4 is 15.9 Å². The molecule has 0 radical (unpaired) electrons. The van der Waals surface area contributed by atoms with Crippen LogP contribution in [0.5, 0.6) is 0 Å². The number of nitrogens with zero attached hydrogens (tertiary/aromatic N) is 5. The molecule has 7 rings (SSSR count). The number of aromatic nitrogens is 3. The number of sulfone groups is 1. The van der Waals surface area contributed by atoms with E-state index in [1.54, 1.807) is 12.1 Å². The Kier molecular flexibility index (Phi) is 4.56. The van der Waals surface area contributed by atoms with Gasteiger partial charge >= 0.3 is 6.03 Å². The number of carbonyl (C=O) groups excluding carboxylic acids is 1. The third-order valence-electron chi connectivity index (χ3n) is 9.15. The molecule has 3 saturated carbocycles. The summed E-state index contributed by atoms with van der Waals surface area (Å²) in [5, 5.41) is 4.69. The molecule has 2 aliphatic heterocycles. The molecule has 2 saturated heterocycles. The Labute approximate surface area is 206 Å². The number of amides is 2. The van der Waals surface area contributed by atoms with E-state index in [9.17, 15) is 13.2 Å². The van der Waals surface area contributed by atoms with Crippen LogP contribution in [0.4, 0.5) is 4.79 Å². The maximum absolute atomic E-state index is 13.0. The summed E-state index contributed by atoms with van der Waals surface area (Å²) in [4.78, 5) is 21.9. The first-order valence-electron chi connectivity index (χ1n) is 12.9. The minimum absolute atomic E-state index is 0.223. The van der Waals surface area contributed by atoms with Crippen LogP contribution in [0.15, 0.2) is 35.5 Å². The average molecular weight is 496 g/mol. The Morgan fingerprint density at radius 3 is 2.14 bits per heavy atom. The van der Waals surface area contributed by atoms with Crippen LogP contribution >= 0.6 is 0 Å². The number of hydrogen-bond acceptors (Lipinski definition) is 5. The Morgan fingerprint density at radius 1 is 0.971 bits per heavy atom. The van der Waals surface area contributed by atoms with Crippen molar-refractivity contribution in [1.82, 2.24) is 24.6 Å². The van der Waals surface area contributed by atoms with Gasteiger partial charge in [-0.25, -0.2) is 22.9 Å². The predicted molar refractivity (Wildman–Crippen MR) is 130 cm³/mol. The summed E-state index contributed by atoms with van der Waals surface area (Å²) in [5.41, 5.74) is 1.83. The van der Waals surface area contributed by atoms with E-state index in [1.807, 2.05) is 28.3 Å². The molecule has 3 heterocycles. The van der Waals surface area contributed by atoms with Crippen LogP contribution in [0.25, 0.3) is 0 Å². The third-order valence-corrected chi connectivity index (χ3v) is 10.3. The van der Waals surface area contributed by atoms with Crippen LogP contribution in [0.2, 0.25) is 0 Å². The van der Waals surface area contributed by atoms with Crippen molar-refractivity contribution in [2.75, 3.05) is 32.4 Å². The summed E-state index contributed by atoms with van der Waals surface area (Å²) < 4.78 is 25.3. The highest BCUT2D eigenvalue weighted by molar-refractivity contribution is 7.90. The van der Waals surface area contributed by atoms with E-state index in [2.05, 4.69) is 9.67 Å². The van der Waals surface area contributed by atoms with Crippen LogP contribution in [0.3, 0.4) is 0 Å². The maximum Gasteiger partial charge on any atom is 0.320 e. The second kappa shape index (κ2) is 7.31. The van der Waals surface area contributed by atoms with Crippen molar-refractivity contribution in [3.8, 4) is 0 Å². The molecule has 8 nitrogen and oxygen atoms in total. The molecule has 3 aliphatic carbocycles. The third kappa shape index (κ3) is 3.77. The molecule has 186 valence electrons. The highest BCUT2D eigenvalue weighted by Gasteiger charge is 2.58. The quantitative estimate of drug-likeness (QED) is 0.635. The number of hydrogen-bond donors (Lipinski definition) is 0. The van der Waals surface area contributed by atoms with Crippen molar-refractivity contribution in [3.05, 3.63) is 42.0 Å². The van der Waals surface area contributed by atoms with Crippen molar-refractivity contribution in [2.24, 2.45) is 16.7 Å².